The number of ketones is 1. The topological polar surface area (TPSA) is 180 Å². The third-order valence-electron chi connectivity index (χ3n) is 9.51. The molecule has 2 aliphatic heterocycles. The number of aliphatic hydroxyl groups excluding tert-OH is 2. The molecule has 8 N–H and O–H groups in total. The van der Waals surface area contributed by atoms with E-state index in [4.69, 9.17) is 11.1 Å². The lowest BCUT2D eigenvalue weighted by atomic mass is 9.56. The van der Waals surface area contributed by atoms with Crippen molar-refractivity contribution in [3.63, 3.8) is 0 Å². The zero-order chi connectivity index (χ0) is 29.6. The van der Waals surface area contributed by atoms with Gasteiger partial charge in [0.25, 0.3) is 5.91 Å². The molecule has 3 fully saturated rings. The number of rotatable bonds is 3. The fraction of sp³-hybridized carbons (Fsp3) is 0.536. The van der Waals surface area contributed by atoms with Crippen molar-refractivity contribution < 1.29 is 43.2 Å². The molecule has 0 aromatic heterocycles. The predicted octanol–water partition coefficient (Wildman–Crippen LogP) is 2.39. The van der Waals surface area contributed by atoms with Crippen LogP contribution in [-0.2, 0) is 22.2 Å². The molecule has 1 aromatic carbocycles. The molecule has 5 aliphatic rings. The second kappa shape index (κ2) is 9.30. The average molecular weight is 577 g/mol. The van der Waals surface area contributed by atoms with Crippen LogP contribution in [0, 0.1) is 17.2 Å². The van der Waals surface area contributed by atoms with Crippen LogP contribution < -0.4 is 11.1 Å². The zero-order valence-electron chi connectivity index (χ0n) is 22.0. The van der Waals surface area contributed by atoms with Gasteiger partial charge in [0, 0.05) is 17.5 Å². The van der Waals surface area contributed by atoms with Crippen molar-refractivity contribution in [3.8, 4) is 5.75 Å². The number of Topliss-reactive ketones (excluding diaryl/α,β-unsaturated/α-hetero) is 1. The van der Waals surface area contributed by atoms with E-state index in [1.54, 1.807) is 4.90 Å². The summed E-state index contributed by atoms with van der Waals surface area (Å²) in [5, 5.41) is 56.9. The summed E-state index contributed by atoms with van der Waals surface area (Å²) in [6.45, 7) is 1.43. The van der Waals surface area contributed by atoms with Gasteiger partial charge in [-0.3, -0.25) is 14.5 Å². The van der Waals surface area contributed by atoms with Crippen molar-refractivity contribution in [2.75, 3.05) is 19.6 Å². The molecule has 220 valence electrons. The van der Waals surface area contributed by atoms with Crippen molar-refractivity contribution >= 4 is 23.2 Å². The minimum atomic E-state index is -4.84. The first-order valence-corrected chi connectivity index (χ1v) is 13.7. The Morgan fingerprint density at radius 1 is 1.17 bits per heavy atom. The van der Waals surface area contributed by atoms with E-state index in [9.17, 15) is 43.2 Å². The molecule has 2 saturated heterocycles. The van der Waals surface area contributed by atoms with Gasteiger partial charge in [0.15, 0.2) is 5.60 Å². The minimum absolute atomic E-state index is 0.137. The van der Waals surface area contributed by atoms with Crippen LogP contribution in [0.3, 0.4) is 0 Å². The van der Waals surface area contributed by atoms with Crippen LogP contribution in [0.4, 0.5) is 13.2 Å². The second-order valence-corrected chi connectivity index (χ2v) is 11.6. The van der Waals surface area contributed by atoms with Crippen molar-refractivity contribution in [1.82, 2.24) is 10.2 Å². The molecule has 6 rings (SSSR count). The number of phenols is 1. The SMILES string of the molecule is N=C1C(C(N)=O)=C(O)[C@@H](N2CCCC2)[C@@H]2C[C@@H]3Cc4c(c(O)cc(C5CCCN5)c4C(F)(F)F)C(O)=C3C(=O)[C@]12O. The number of aromatic hydroxyl groups is 1. The third-order valence-corrected chi connectivity index (χ3v) is 9.51. The van der Waals surface area contributed by atoms with E-state index in [-0.39, 0.29) is 24.0 Å². The first-order chi connectivity index (χ1) is 19.3. The van der Waals surface area contributed by atoms with Crippen molar-refractivity contribution in [2.45, 2.75) is 62.4 Å². The molecule has 1 saturated carbocycles. The molecule has 0 radical (unpaired) electrons. The lowest BCUT2D eigenvalue weighted by molar-refractivity contribution is -0.140. The first kappa shape index (κ1) is 27.7. The van der Waals surface area contributed by atoms with Crippen LogP contribution in [0.2, 0.25) is 0 Å². The monoisotopic (exact) mass is 576 g/mol. The van der Waals surface area contributed by atoms with Crippen LogP contribution >= 0.6 is 0 Å². The normalized spacial score (nSPS) is 32.3. The third kappa shape index (κ3) is 3.85. The highest BCUT2D eigenvalue weighted by atomic mass is 19.4. The number of nitrogens with zero attached hydrogens (tertiary/aromatic N) is 1. The number of phenolic OH excluding ortho intramolecular Hbond substituents is 1. The standard InChI is InChI=1S/C28H31F3N4O6/c29-28(30,31)20-12(15-4-3-5-34-15)10-16(36)18-13(20)8-11-9-14-21(35-6-1-2-7-35)23(38)19(26(33)40)24(32)27(14,41)25(39)17(11)22(18)37/h10-11,14-15,21,32,34,36-38,41H,1-9H2,(H2,33,40)/t11-,14-,15?,21-,27+/m0/s1. The maximum atomic E-state index is 14.6. The Bertz CT molecular complexity index is 1440. The van der Waals surface area contributed by atoms with Gasteiger partial charge in [0.1, 0.15) is 22.8 Å². The van der Waals surface area contributed by atoms with Gasteiger partial charge in [-0.1, -0.05) is 0 Å². The number of amides is 1. The average Bonchev–Trinajstić information content (AvgIpc) is 3.60. The predicted molar refractivity (Wildman–Crippen MR) is 139 cm³/mol. The second-order valence-electron chi connectivity index (χ2n) is 11.6. The molecule has 41 heavy (non-hydrogen) atoms. The number of aliphatic hydroxyl groups is 3. The molecule has 1 unspecified atom stereocenters. The van der Waals surface area contributed by atoms with Crippen LogP contribution in [0.25, 0.3) is 5.76 Å². The summed E-state index contributed by atoms with van der Waals surface area (Å²) in [5.41, 5.74) is -1.24. The molecular weight excluding hydrogens is 545 g/mol. The van der Waals surface area contributed by atoms with Gasteiger partial charge in [-0.05, 0) is 81.3 Å². The van der Waals surface area contributed by atoms with E-state index < -0.39 is 92.6 Å². The number of nitrogens with two attached hydrogens (primary N) is 1. The summed E-state index contributed by atoms with van der Waals surface area (Å²) in [4.78, 5) is 28.1. The molecule has 1 aromatic rings. The molecule has 2 heterocycles. The van der Waals surface area contributed by atoms with Gasteiger partial charge in [-0.2, -0.15) is 13.2 Å². The Hall–Kier alpha value is -3.42. The highest BCUT2D eigenvalue weighted by Crippen LogP contribution is 2.55. The number of halogens is 3. The van der Waals surface area contributed by atoms with Crippen LogP contribution in [0.1, 0.15) is 60.4 Å². The molecule has 10 nitrogen and oxygen atoms in total. The maximum absolute atomic E-state index is 14.6. The maximum Gasteiger partial charge on any atom is 0.417 e. The van der Waals surface area contributed by atoms with Gasteiger partial charge >= 0.3 is 6.18 Å². The molecule has 0 bridgehead atoms. The summed E-state index contributed by atoms with van der Waals surface area (Å²) in [6, 6.07) is -0.774. The molecule has 0 spiro atoms. The van der Waals surface area contributed by atoms with Gasteiger partial charge in [-0.15, -0.1) is 0 Å². The minimum Gasteiger partial charge on any atom is -0.510 e. The number of carbonyl (C=O) groups excluding carboxylic acids is 2. The van der Waals surface area contributed by atoms with E-state index in [1.807, 2.05) is 0 Å². The van der Waals surface area contributed by atoms with E-state index in [0.717, 1.165) is 18.9 Å². The number of benzene rings is 1. The zero-order valence-corrected chi connectivity index (χ0v) is 22.0. The molecular formula is C28H31F3N4O6. The van der Waals surface area contributed by atoms with E-state index in [2.05, 4.69) is 5.32 Å². The number of hydrogen-bond acceptors (Lipinski definition) is 9. The number of fused-ring (bicyclic) bond motifs is 3. The highest BCUT2D eigenvalue weighted by Gasteiger charge is 2.64. The number of primary amides is 1. The fourth-order valence-electron chi connectivity index (χ4n) is 7.80. The van der Waals surface area contributed by atoms with Gasteiger partial charge in [0.2, 0.25) is 5.78 Å². The van der Waals surface area contributed by atoms with E-state index in [1.165, 1.54) is 0 Å². The van der Waals surface area contributed by atoms with Crippen molar-refractivity contribution in [1.29, 1.82) is 5.41 Å². The molecule has 13 heteroatoms. The summed E-state index contributed by atoms with van der Waals surface area (Å²) in [6.07, 6.45) is -2.83. The van der Waals surface area contributed by atoms with Crippen LogP contribution in [0.15, 0.2) is 23.0 Å². The Labute approximate surface area is 232 Å². The lowest BCUT2D eigenvalue weighted by Gasteiger charge is -2.51. The summed E-state index contributed by atoms with van der Waals surface area (Å²) >= 11 is 0. The van der Waals surface area contributed by atoms with Gasteiger partial charge in [-0.25, -0.2) is 0 Å². The number of alkyl halides is 3. The Kier molecular flexibility index (Phi) is 6.29. The largest absolute Gasteiger partial charge is 0.510 e. The van der Waals surface area contributed by atoms with Crippen LogP contribution in [-0.4, -0.2) is 74.0 Å². The lowest BCUT2D eigenvalue weighted by Crippen LogP contribution is -2.67. The number of nitrogens with one attached hydrogen (secondary N) is 2. The van der Waals surface area contributed by atoms with Gasteiger partial charge in [0.05, 0.1) is 22.9 Å². The number of carbonyl (C=O) groups is 2. The Balaban J connectivity index is 1.55. The number of hydrogen-bond donors (Lipinski definition) is 7. The van der Waals surface area contributed by atoms with Gasteiger partial charge < -0.3 is 36.9 Å². The highest BCUT2D eigenvalue weighted by molar-refractivity contribution is 6.33. The van der Waals surface area contributed by atoms with Crippen molar-refractivity contribution in [2.24, 2.45) is 17.6 Å². The first-order valence-electron chi connectivity index (χ1n) is 13.7. The molecule has 3 aliphatic carbocycles. The quantitative estimate of drug-likeness (QED) is 0.286. The summed E-state index contributed by atoms with van der Waals surface area (Å²) in [7, 11) is 0. The Morgan fingerprint density at radius 2 is 1.85 bits per heavy atom. The Morgan fingerprint density at radius 3 is 2.44 bits per heavy atom. The fourth-order valence-corrected chi connectivity index (χ4v) is 7.80. The summed E-state index contributed by atoms with van der Waals surface area (Å²) < 4.78 is 43.9. The summed E-state index contributed by atoms with van der Waals surface area (Å²) in [5.74, 6) is -6.67. The van der Waals surface area contributed by atoms with E-state index >= 15 is 0 Å². The molecule has 5 atom stereocenters. The van der Waals surface area contributed by atoms with Crippen LogP contribution in [0.5, 0.6) is 5.75 Å². The van der Waals surface area contributed by atoms with E-state index in [0.29, 0.717) is 32.5 Å². The smallest absolute Gasteiger partial charge is 0.417 e. The van der Waals surface area contributed by atoms with Crippen molar-refractivity contribution in [3.05, 3.63) is 45.2 Å². The number of likely N-dealkylation sites (tertiary alicyclic amines) is 1. The molecule has 1 amide bonds.